The van der Waals surface area contributed by atoms with Crippen molar-refractivity contribution in [2.75, 3.05) is 0 Å². The van der Waals surface area contributed by atoms with Gasteiger partial charge in [-0.05, 0) is 29.8 Å². The molecule has 4 heteroatoms. The van der Waals surface area contributed by atoms with Crippen molar-refractivity contribution >= 4 is 12.0 Å². The average Bonchev–Trinajstić information content (AvgIpc) is 2.39. The molecule has 2 aromatic carbocycles. The lowest BCUT2D eigenvalue weighted by Gasteiger charge is -2.07. The zero-order valence-electron chi connectivity index (χ0n) is 10.0. The third kappa shape index (κ3) is 2.93. The Morgan fingerprint density at radius 3 is 2.26 bits per heavy atom. The normalized spacial score (nSPS) is 9.89. The Labute approximate surface area is 110 Å². The Hall–Kier alpha value is -2.75. The maximum atomic E-state index is 10.8. The van der Waals surface area contributed by atoms with E-state index in [1.54, 1.807) is 18.2 Å². The van der Waals surface area contributed by atoms with Crippen molar-refractivity contribution in [2.24, 2.45) is 0 Å². The monoisotopic (exact) mass is 256 g/mol. The van der Waals surface area contributed by atoms with Crippen molar-refractivity contribution in [1.29, 1.82) is 0 Å². The van der Waals surface area contributed by atoms with Gasteiger partial charge in [0.2, 0.25) is 0 Å². The Balaban J connectivity index is 2.21. The molecule has 2 rings (SSSR count). The molecule has 0 aliphatic heterocycles. The van der Waals surface area contributed by atoms with Gasteiger partial charge in [0.25, 0.3) is 0 Å². The third-order valence-corrected chi connectivity index (χ3v) is 2.55. The maximum absolute atomic E-state index is 10.8. The summed E-state index contributed by atoms with van der Waals surface area (Å²) in [7, 11) is 0. The first-order valence-electron chi connectivity index (χ1n) is 5.57. The number of benzene rings is 2. The number of hydrogen-bond donors (Lipinski definition) is 2. The maximum Gasteiger partial charge on any atom is 0.339 e. The van der Waals surface area contributed by atoms with Crippen LogP contribution in [0.25, 0.3) is 6.08 Å². The van der Waals surface area contributed by atoms with Crippen LogP contribution in [0.5, 0.6) is 17.2 Å². The summed E-state index contributed by atoms with van der Waals surface area (Å²) in [5.41, 5.74) is 0.811. The highest BCUT2D eigenvalue weighted by Crippen LogP contribution is 2.27. The van der Waals surface area contributed by atoms with Gasteiger partial charge in [-0.2, -0.15) is 0 Å². The molecule has 0 bridgehead atoms. The molecule has 2 aromatic rings. The number of ether oxygens (including phenoxy) is 1. The van der Waals surface area contributed by atoms with E-state index in [1.807, 2.05) is 12.1 Å². The molecule has 0 atom stereocenters. The molecule has 0 spiro atoms. The SMILES string of the molecule is C=Cc1ccc(Oc2ccc(C(=O)O)c(O)c2)cc1. The Bertz CT molecular complexity index is 615. The minimum Gasteiger partial charge on any atom is -0.507 e. The van der Waals surface area contributed by atoms with E-state index in [2.05, 4.69) is 6.58 Å². The fraction of sp³-hybridized carbons (Fsp3) is 0. The fourth-order valence-corrected chi connectivity index (χ4v) is 1.56. The zero-order chi connectivity index (χ0) is 13.8. The van der Waals surface area contributed by atoms with Crippen molar-refractivity contribution in [2.45, 2.75) is 0 Å². The van der Waals surface area contributed by atoms with E-state index in [-0.39, 0.29) is 11.3 Å². The van der Waals surface area contributed by atoms with Crippen molar-refractivity contribution in [1.82, 2.24) is 0 Å². The van der Waals surface area contributed by atoms with E-state index < -0.39 is 5.97 Å². The molecule has 19 heavy (non-hydrogen) atoms. The highest BCUT2D eigenvalue weighted by Gasteiger charge is 2.10. The lowest BCUT2D eigenvalue weighted by molar-refractivity contribution is 0.0693. The second-order valence-electron chi connectivity index (χ2n) is 3.86. The van der Waals surface area contributed by atoms with Crippen molar-refractivity contribution in [3.63, 3.8) is 0 Å². The molecule has 0 saturated carbocycles. The van der Waals surface area contributed by atoms with E-state index in [9.17, 15) is 9.90 Å². The van der Waals surface area contributed by atoms with Crippen molar-refractivity contribution in [3.8, 4) is 17.2 Å². The summed E-state index contributed by atoms with van der Waals surface area (Å²) >= 11 is 0. The van der Waals surface area contributed by atoms with Gasteiger partial charge in [-0.25, -0.2) is 4.79 Å². The summed E-state index contributed by atoms with van der Waals surface area (Å²) in [4.78, 5) is 10.8. The number of carboxylic acids is 1. The quantitative estimate of drug-likeness (QED) is 0.878. The Morgan fingerprint density at radius 1 is 1.11 bits per heavy atom. The van der Waals surface area contributed by atoms with Crippen LogP contribution >= 0.6 is 0 Å². The third-order valence-electron chi connectivity index (χ3n) is 2.55. The molecule has 0 fully saturated rings. The first-order valence-corrected chi connectivity index (χ1v) is 5.57. The summed E-state index contributed by atoms with van der Waals surface area (Å²) in [6.07, 6.45) is 1.72. The van der Waals surface area contributed by atoms with Crippen molar-refractivity contribution in [3.05, 3.63) is 60.2 Å². The smallest absolute Gasteiger partial charge is 0.339 e. The lowest BCUT2D eigenvalue weighted by atomic mass is 10.2. The van der Waals surface area contributed by atoms with Gasteiger partial charge >= 0.3 is 5.97 Å². The molecular weight excluding hydrogens is 244 g/mol. The van der Waals surface area contributed by atoms with E-state index in [1.165, 1.54) is 18.2 Å². The van der Waals surface area contributed by atoms with Crippen LogP contribution in [0.1, 0.15) is 15.9 Å². The second-order valence-corrected chi connectivity index (χ2v) is 3.86. The largest absolute Gasteiger partial charge is 0.507 e. The first-order chi connectivity index (χ1) is 9.10. The molecule has 0 unspecified atom stereocenters. The highest BCUT2D eigenvalue weighted by atomic mass is 16.5. The number of rotatable bonds is 4. The molecular formula is C15H12O4. The van der Waals surface area contributed by atoms with Crippen molar-refractivity contribution < 1.29 is 19.7 Å². The van der Waals surface area contributed by atoms with E-state index >= 15 is 0 Å². The molecule has 0 aromatic heterocycles. The summed E-state index contributed by atoms with van der Waals surface area (Å²) in [6, 6.07) is 11.3. The minimum absolute atomic E-state index is 0.158. The standard InChI is InChI=1S/C15H12O4/c1-2-10-3-5-11(6-4-10)19-12-7-8-13(15(17)18)14(16)9-12/h2-9,16H,1H2,(H,17,18). The van der Waals surface area contributed by atoms with Gasteiger partial charge in [-0.1, -0.05) is 24.8 Å². The topological polar surface area (TPSA) is 66.8 Å². The molecule has 0 aliphatic carbocycles. The van der Waals surface area contributed by atoms with E-state index in [4.69, 9.17) is 9.84 Å². The van der Waals surface area contributed by atoms with Crippen LogP contribution in [0.15, 0.2) is 49.0 Å². The van der Waals surface area contributed by atoms with E-state index in [0.717, 1.165) is 5.56 Å². The fourth-order valence-electron chi connectivity index (χ4n) is 1.56. The molecule has 0 amide bonds. The number of phenols is 1. The van der Waals surface area contributed by atoms with Crippen LogP contribution in [-0.2, 0) is 0 Å². The summed E-state index contributed by atoms with van der Waals surface area (Å²) in [5.74, 6) is -0.547. The summed E-state index contributed by atoms with van der Waals surface area (Å²) < 4.78 is 5.51. The van der Waals surface area contributed by atoms with E-state index in [0.29, 0.717) is 11.5 Å². The number of carbonyl (C=O) groups is 1. The highest BCUT2D eigenvalue weighted by molar-refractivity contribution is 5.90. The van der Waals surface area contributed by atoms with Crippen LogP contribution in [0.4, 0.5) is 0 Å². The molecule has 0 radical (unpaired) electrons. The number of aromatic carboxylic acids is 1. The van der Waals surface area contributed by atoms with Gasteiger partial charge in [-0.3, -0.25) is 0 Å². The van der Waals surface area contributed by atoms with Crippen LogP contribution in [0.3, 0.4) is 0 Å². The summed E-state index contributed by atoms with van der Waals surface area (Å²) in [6.45, 7) is 3.65. The zero-order valence-corrected chi connectivity index (χ0v) is 10.0. The predicted octanol–water partition coefficient (Wildman–Crippen LogP) is 3.53. The number of carboxylic acid groups (broad SMARTS) is 1. The van der Waals surface area contributed by atoms with Crippen LogP contribution in [0.2, 0.25) is 0 Å². The average molecular weight is 256 g/mol. The van der Waals surface area contributed by atoms with Gasteiger partial charge in [0, 0.05) is 6.07 Å². The van der Waals surface area contributed by atoms with Crippen LogP contribution in [0, 0.1) is 0 Å². The predicted molar refractivity (Wildman–Crippen MR) is 71.7 cm³/mol. The molecule has 0 aliphatic rings. The first kappa shape index (κ1) is 12.7. The molecule has 0 heterocycles. The Kier molecular flexibility index (Phi) is 3.52. The molecule has 0 saturated heterocycles. The lowest BCUT2D eigenvalue weighted by Crippen LogP contribution is -1.96. The molecule has 4 nitrogen and oxygen atoms in total. The van der Waals surface area contributed by atoms with Gasteiger partial charge in [0.15, 0.2) is 0 Å². The number of aromatic hydroxyl groups is 1. The number of hydrogen-bond acceptors (Lipinski definition) is 3. The second kappa shape index (κ2) is 5.27. The van der Waals surface area contributed by atoms with Crippen LogP contribution < -0.4 is 4.74 Å². The molecule has 96 valence electrons. The van der Waals surface area contributed by atoms with Gasteiger partial charge in [0.1, 0.15) is 22.8 Å². The molecule has 2 N–H and O–H groups in total. The van der Waals surface area contributed by atoms with Gasteiger partial charge < -0.3 is 14.9 Å². The Morgan fingerprint density at radius 2 is 1.74 bits per heavy atom. The van der Waals surface area contributed by atoms with Gasteiger partial charge in [0.05, 0.1) is 0 Å². The summed E-state index contributed by atoms with van der Waals surface area (Å²) in [5, 5.41) is 18.3. The van der Waals surface area contributed by atoms with Crippen LogP contribution in [-0.4, -0.2) is 16.2 Å². The minimum atomic E-state index is -1.18. The van der Waals surface area contributed by atoms with Gasteiger partial charge in [-0.15, -0.1) is 0 Å².